The Morgan fingerprint density at radius 3 is 2.43 bits per heavy atom. The molecule has 23 heavy (non-hydrogen) atoms. The number of carbonyl (C=O) groups excluding carboxylic acids is 1. The van der Waals surface area contributed by atoms with Crippen LogP contribution in [0.15, 0.2) is 42.5 Å². The summed E-state index contributed by atoms with van der Waals surface area (Å²) in [6.07, 6.45) is 0. The molecule has 0 aliphatic heterocycles. The molecule has 3 nitrogen and oxygen atoms in total. The average molecular weight is 311 g/mol. The van der Waals surface area contributed by atoms with Crippen LogP contribution in [0.3, 0.4) is 0 Å². The number of ether oxygens (including phenoxy) is 1. The molecule has 0 fully saturated rings. The van der Waals surface area contributed by atoms with Gasteiger partial charge in [0.1, 0.15) is 5.75 Å². The van der Waals surface area contributed by atoms with Gasteiger partial charge in [-0.1, -0.05) is 51.1 Å². The predicted octanol–water partition coefficient (Wildman–Crippen LogP) is 4.62. The van der Waals surface area contributed by atoms with Crippen LogP contribution in [0.1, 0.15) is 37.5 Å². The van der Waals surface area contributed by atoms with E-state index in [9.17, 15) is 4.79 Å². The van der Waals surface area contributed by atoms with Gasteiger partial charge >= 0.3 is 0 Å². The molecule has 3 heteroatoms. The summed E-state index contributed by atoms with van der Waals surface area (Å²) in [6.45, 7) is 10.4. The monoisotopic (exact) mass is 311 g/mol. The van der Waals surface area contributed by atoms with Gasteiger partial charge < -0.3 is 10.1 Å². The van der Waals surface area contributed by atoms with E-state index in [1.807, 2.05) is 56.3 Å². The van der Waals surface area contributed by atoms with Crippen LogP contribution < -0.4 is 10.1 Å². The first-order valence-electron chi connectivity index (χ1n) is 7.87. The second kappa shape index (κ2) is 6.86. The Morgan fingerprint density at radius 1 is 1.04 bits per heavy atom. The Labute approximate surface area is 138 Å². The van der Waals surface area contributed by atoms with Crippen molar-refractivity contribution in [3.05, 3.63) is 59.2 Å². The third kappa shape index (κ3) is 4.35. The highest BCUT2D eigenvalue weighted by Gasteiger charge is 2.18. The molecule has 0 unspecified atom stereocenters. The lowest BCUT2D eigenvalue weighted by molar-refractivity contribution is -0.118. The number of hydrogen-bond donors (Lipinski definition) is 1. The molecule has 0 heterocycles. The fourth-order valence-corrected chi connectivity index (χ4v) is 2.46. The molecular weight excluding hydrogens is 286 g/mol. The van der Waals surface area contributed by atoms with Gasteiger partial charge in [0.2, 0.25) is 0 Å². The summed E-state index contributed by atoms with van der Waals surface area (Å²) in [6, 6.07) is 13.7. The van der Waals surface area contributed by atoms with E-state index in [2.05, 4.69) is 26.1 Å². The lowest BCUT2D eigenvalue weighted by Crippen LogP contribution is -2.23. The van der Waals surface area contributed by atoms with E-state index in [0.717, 1.165) is 28.1 Å². The van der Waals surface area contributed by atoms with E-state index in [0.29, 0.717) is 0 Å². The summed E-state index contributed by atoms with van der Waals surface area (Å²) in [4.78, 5) is 12.2. The second-order valence-corrected chi connectivity index (χ2v) is 6.83. The number of aryl methyl sites for hydroxylation is 1. The van der Waals surface area contributed by atoms with Gasteiger partial charge in [0.25, 0.3) is 5.91 Å². The summed E-state index contributed by atoms with van der Waals surface area (Å²) < 4.78 is 5.67. The van der Waals surface area contributed by atoms with Crippen molar-refractivity contribution in [1.82, 2.24) is 0 Å². The van der Waals surface area contributed by atoms with Crippen LogP contribution in [0.5, 0.6) is 5.75 Å². The maximum absolute atomic E-state index is 12.2. The Balaban J connectivity index is 2.05. The molecule has 0 spiro atoms. The van der Waals surface area contributed by atoms with Crippen molar-refractivity contribution in [3.63, 3.8) is 0 Å². The largest absolute Gasteiger partial charge is 0.483 e. The lowest BCUT2D eigenvalue weighted by atomic mass is 9.86. The third-order valence-electron chi connectivity index (χ3n) is 3.92. The van der Waals surface area contributed by atoms with Gasteiger partial charge in [-0.3, -0.25) is 4.79 Å². The van der Waals surface area contributed by atoms with Crippen molar-refractivity contribution in [3.8, 4) is 5.75 Å². The van der Waals surface area contributed by atoms with Crippen LogP contribution >= 0.6 is 0 Å². The minimum Gasteiger partial charge on any atom is -0.483 e. The number of nitrogens with one attached hydrogen (secondary N) is 1. The van der Waals surface area contributed by atoms with Gasteiger partial charge in [-0.25, -0.2) is 0 Å². The molecule has 2 aromatic rings. The van der Waals surface area contributed by atoms with Crippen molar-refractivity contribution in [2.24, 2.45) is 0 Å². The van der Waals surface area contributed by atoms with Gasteiger partial charge in [-0.15, -0.1) is 0 Å². The lowest BCUT2D eigenvalue weighted by Gasteiger charge is -2.23. The standard InChI is InChI=1S/C20H25NO2/c1-14-9-8-12-18(15(14)2)23-13-19(22)21-17-11-7-6-10-16(17)20(3,4)5/h6-12H,13H2,1-5H3,(H,21,22). The first kappa shape index (κ1) is 17.1. The zero-order valence-corrected chi connectivity index (χ0v) is 14.6. The molecule has 0 atom stereocenters. The van der Waals surface area contributed by atoms with E-state index in [-0.39, 0.29) is 17.9 Å². The fourth-order valence-electron chi connectivity index (χ4n) is 2.46. The van der Waals surface area contributed by atoms with E-state index in [1.54, 1.807) is 0 Å². The molecule has 1 amide bonds. The van der Waals surface area contributed by atoms with Crippen molar-refractivity contribution < 1.29 is 9.53 Å². The number of rotatable bonds is 4. The molecular formula is C20H25NO2. The minimum atomic E-state index is -0.150. The Kier molecular flexibility index (Phi) is 5.09. The van der Waals surface area contributed by atoms with E-state index >= 15 is 0 Å². The van der Waals surface area contributed by atoms with E-state index in [1.165, 1.54) is 0 Å². The molecule has 0 saturated heterocycles. The highest BCUT2D eigenvalue weighted by molar-refractivity contribution is 5.92. The zero-order valence-electron chi connectivity index (χ0n) is 14.6. The molecule has 2 aromatic carbocycles. The molecule has 0 saturated carbocycles. The molecule has 122 valence electrons. The first-order valence-corrected chi connectivity index (χ1v) is 7.87. The SMILES string of the molecule is Cc1cccc(OCC(=O)Nc2ccccc2C(C)(C)C)c1C. The summed E-state index contributed by atoms with van der Waals surface area (Å²) >= 11 is 0. The molecule has 0 bridgehead atoms. The number of amides is 1. The third-order valence-corrected chi connectivity index (χ3v) is 3.92. The van der Waals surface area contributed by atoms with Crippen LogP contribution in [-0.2, 0) is 10.2 Å². The highest BCUT2D eigenvalue weighted by Crippen LogP contribution is 2.29. The van der Waals surface area contributed by atoms with Crippen LogP contribution in [0.25, 0.3) is 0 Å². The van der Waals surface area contributed by atoms with E-state index < -0.39 is 0 Å². The Bertz CT molecular complexity index is 699. The van der Waals surface area contributed by atoms with Gasteiger partial charge in [-0.05, 0) is 48.1 Å². The number of carbonyl (C=O) groups is 1. The van der Waals surface area contributed by atoms with Gasteiger partial charge in [0.15, 0.2) is 6.61 Å². The highest BCUT2D eigenvalue weighted by atomic mass is 16.5. The number of para-hydroxylation sites is 1. The molecule has 0 radical (unpaired) electrons. The quantitative estimate of drug-likeness (QED) is 0.895. The van der Waals surface area contributed by atoms with Crippen LogP contribution in [0, 0.1) is 13.8 Å². The molecule has 0 aliphatic carbocycles. The van der Waals surface area contributed by atoms with Crippen molar-refractivity contribution in [2.45, 2.75) is 40.0 Å². The summed E-state index contributed by atoms with van der Waals surface area (Å²) in [5, 5.41) is 2.96. The molecule has 1 N–H and O–H groups in total. The summed E-state index contributed by atoms with van der Waals surface area (Å²) in [5.74, 6) is 0.604. The molecule has 2 rings (SSSR count). The number of anilines is 1. The van der Waals surface area contributed by atoms with Crippen molar-refractivity contribution in [1.29, 1.82) is 0 Å². The van der Waals surface area contributed by atoms with Gasteiger partial charge in [0.05, 0.1) is 0 Å². The normalized spacial score (nSPS) is 11.2. The fraction of sp³-hybridized carbons (Fsp3) is 0.350. The summed E-state index contributed by atoms with van der Waals surface area (Å²) in [7, 11) is 0. The maximum atomic E-state index is 12.2. The maximum Gasteiger partial charge on any atom is 0.262 e. The van der Waals surface area contributed by atoms with Crippen molar-refractivity contribution in [2.75, 3.05) is 11.9 Å². The number of benzene rings is 2. The second-order valence-electron chi connectivity index (χ2n) is 6.83. The molecule has 0 aliphatic rings. The zero-order chi connectivity index (χ0) is 17.0. The average Bonchev–Trinajstić information content (AvgIpc) is 2.48. The van der Waals surface area contributed by atoms with E-state index in [4.69, 9.17) is 4.74 Å². The smallest absolute Gasteiger partial charge is 0.262 e. The van der Waals surface area contributed by atoms with Gasteiger partial charge in [0, 0.05) is 5.69 Å². The first-order chi connectivity index (χ1) is 10.8. The topological polar surface area (TPSA) is 38.3 Å². The predicted molar refractivity (Wildman–Crippen MR) is 95.2 cm³/mol. The van der Waals surface area contributed by atoms with Crippen LogP contribution in [0.2, 0.25) is 0 Å². The molecule has 0 aromatic heterocycles. The Morgan fingerprint density at radius 2 is 1.74 bits per heavy atom. The summed E-state index contributed by atoms with van der Waals surface area (Å²) in [5.41, 5.74) is 4.14. The Hall–Kier alpha value is -2.29. The van der Waals surface area contributed by atoms with Crippen LogP contribution in [0.4, 0.5) is 5.69 Å². The van der Waals surface area contributed by atoms with Crippen LogP contribution in [-0.4, -0.2) is 12.5 Å². The van der Waals surface area contributed by atoms with Gasteiger partial charge in [-0.2, -0.15) is 0 Å². The van der Waals surface area contributed by atoms with Crippen molar-refractivity contribution >= 4 is 11.6 Å². The minimum absolute atomic E-state index is 0.00275. The number of hydrogen-bond acceptors (Lipinski definition) is 2.